The molecule has 104 valence electrons. The van der Waals surface area contributed by atoms with Crippen molar-refractivity contribution in [3.05, 3.63) is 29.3 Å². The fourth-order valence-corrected chi connectivity index (χ4v) is 3.44. The minimum Gasteiger partial charge on any atom is -0.392 e. The van der Waals surface area contributed by atoms with E-state index in [0.29, 0.717) is 0 Å². The maximum absolute atomic E-state index is 9.24. The molecule has 3 heteroatoms. The molecule has 1 aromatic carbocycles. The van der Waals surface area contributed by atoms with Crippen LogP contribution >= 0.6 is 0 Å². The first-order chi connectivity index (χ1) is 9.28. The van der Waals surface area contributed by atoms with Crippen molar-refractivity contribution in [2.24, 2.45) is 0 Å². The molecule has 3 rings (SSSR count). The van der Waals surface area contributed by atoms with E-state index in [2.05, 4.69) is 34.9 Å². The predicted molar refractivity (Wildman–Crippen MR) is 78.5 cm³/mol. The lowest BCUT2D eigenvalue weighted by Gasteiger charge is -2.24. The average molecular weight is 260 g/mol. The Balaban J connectivity index is 1.68. The molecule has 2 aliphatic heterocycles. The fraction of sp³-hybridized carbons (Fsp3) is 0.625. The van der Waals surface area contributed by atoms with Crippen LogP contribution in [0.2, 0.25) is 0 Å². The number of aliphatic hydroxyl groups excluding tert-OH is 1. The molecule has 0 bridgehead atoms. The monoisotopic (exact) mass is 260 g/mol. The van der Waals surface area contributed by atoms with Crippen LogP contribution in [0.5, 0.6) is 0 Å². The lowest BCUT2D eigenvalue weighted by molar-refractivity contribution is 0.260. The summed E-state index contributed by atoms with van der Waals surface area (Å²) in [7, 11) is 0. The van der Waals surface area contributed by atoms with Gasteiger partial charge in [0.1, 0.15) is 0 Å². The summed E-state index contributed by atoms with van der Waals surface area (Å²) in [4.78, 5) is 5.16. The van der Waals surface area contributed by atoms with Crippen molar-refractivity contribution in [2.45, 2.75) is 38.8 Å². The molecule has 0 saturated carbocycles. The lowest BCUT2D eigenvalue weighted by atomic mass is 10.1. The van der Waals surface area contributed by atoms with Crippen molar-refractivity contribution in [1.29, 1.82) is 0 Å². The van der Waals surface area contributed by atoms with E-state index in [0.717, 1.165) is 18.2 Å². The Morgan fingerprint density at radius 1 is 1.21 bits per heavy atom. The summed E-state index contributed by atoms with van der Waals surface area (Å²) in [5, 5.41) is 9.24. The number of likely N-dealkylation sites (tertiary alicyclic amines) is 1. The third-order valence-corrected chi connectivity index (χ3v) is 4.68. The Morgan fingerprint density at radius 3 is 2.68 bits per heavy atom. The highest BCUT2D eigenvalue weighted by molar-refractivity contribution is 5.51. The Bertz CT molecular complexity index is 440. The zero-order chi connectivity index (χ0) is 13.2. The highest BCUT2D eigenvalue weighted by Gasteiger charge is 2.29. The molecular formula is C16H24N2O. The smallest absolute Gasteiger partial charge is 0.0684 e. The van der Waals surface area contributed by atoms with Gasteiger partial charge >= 0.3 is 0 Å². The van der Waals surface area contributed by atoms with E-state index in [1.165, 1.54) is 50.1 Å². The largest absolute Gasteiger partial charge is 0.392 e. The highest BCUT2D eigenvalue weighted by Crippen LogP contribution is 2.26. The fourth-order valence-electron chi connectivity index (χ4n) is 3.44. The maximum Gasteiger partial charge on any atom is 0.0684 e. The third kappa shape index (κ3) is 2.63. The number of aryl methyl sites for hydroxylation is 1. The topological polar surface area (TPSA) is 26.7 Å². The molecule has 3 nitrogen and oxygen atoms in total. The van der Waals surface area contributed by atoms with Gasteiger partial charge < -0.3 is 10.0 Å². The minimum absolute atomic E-state index is 0.141. The molecule has 19 heavy (non-hydrogen) atoms. The maximum atomic E-state index is 9.24. The van der Waals surface area contributed by atoms with E-state index < -0.39 is 0 Å². The predicted octanol–water partition coefficient (Wildman–Crippen LogP) is 2.16. The second kappa shape index (κ2) is 5.51. The molecule has 0 radical (unpaired) electrons. The van der Waals surface area contributed by atoms with Gasteiger partial charge in [-0.15, -0.1) is 0 Å². The average Bonchev–Trinajstić information content (AvgIpc) is 3.09. The highest BCUT2D eigenvalue weighted by atomic mass is 16.3. The van der Waals surface area contributed by atoms with Crippen LogP contribution in [0, 0.1) is 6.92 Å². The number of benzene rings is 1. The second-order valence-electron chi connectivity index (χ2n) is 5.90. The van der Waals surface area contributed by atoms with Gasteiger partial charge in [-0.1, -0.05) is 6.07 Å². The molecule has 2 aliphatic rings. The van der Waals surface area contributed by atoms with Crippen LogP contribution in [0.1, 0.15) is 30.4 Å². The summed E-state index contributed by atoms with van der Waals surface area (Å²) in [6.45, 7) is 7.14. The molecule has 1 unspecified atom stereocenters. The number of anilines is 1. The standard InChI is InChI=1S/C16H24N2O/c1-13-10-15(5-4-14(13)12-19)18-9-6-16(11-18)17-7-2-3-8-17/h4-5,10,16,19H,2-3,6-9,11-12H2,1H3. The zero-order valence-electron chi connectivity index (χ0n) is 11.8. The molecule has 0 aliphatic carbocycles. The first-order valence-electron chi connectivity index (χ1n) is 7.47. The molecule has 1 N–H and O–H groups in total. The van der Waals surface area contributed by atoms with Gasteiger partial charge in [-0.3, -0.25) is 4.90 Å². The summed E-state index contributed by atoms with van der Waals surface area (Å²) in [6, 6.07) is 7.19. The molecule has 0 amide bonds. The molecule has 1 aromatic rings. The normalized spacial score (nSPS) is 24.3. The van der Waals surface area contributed by atoms with Crippen molar-refractivity contribution in [3.8, 4) is 0 Å². The van der Waals surface area contributed by atoms with Crippen molar-refractivity contribution in [3.63, 3.8) is 0 Å². The van der Waals surface area contributed by atoms with Crippen molar-refractivity contribution in [1.82, 2.24) is 4.90 Å². The summed E-state index contributed by atoms with van der Waals surface area (Å²) in [5.41, 5.74) is 3.56. The van der Waals surface area contributed by atoms with Gasteiger partial charge in [0.2, 0.25) is 0 Å². The molecule has 2 saturated heterocycles. The van der Waals surface area contributed by atoms with Gasteiger partial charge in [0, 0.05) is 24.8 Å². The van der Waals surface area contributed by atoms with Crippen LogP contribution in [0.15, 0.2) is 18.2 Å². The van der Waals surface area contributed by atoms with E-state index in [1.54, 1.807) is 0 Å². The first-order valence-corrected chi connectivity index (χ1v) is 7.47. The molecule has 1 atom stereocenters. The third-order valence-electron chi connectivity index (χ3n) is 4.68. The van der Waals surface area contributed by atoms with Gasteiger partial charge in [-0.2, -0.15) is 0 Å². The Kier molecular flexibility index (Phi) is 3.76. The first kappa shape index (κ1) is 12.9. The minimum atomic E-state index is 0.141. The molecule has 0 aromatic heterocycles. The van der Waals surface area contributed by atoms with E-state index in [9.17, 15) is 5.11 Å². The van der Waals surface area contributed by atoms with E-state index in [4.69, 9.17) is 0 Å². The summed E-state index contributed by atoms with van der Waals surface area (Å²) in [5.74, 6) is 0. The zero-order valence-corrected chi connectivity index (χ0v) is 11.8. The van der Waals surface area contributed by atoms with E-state index in [-0.39, 0.29) is 6.61 Å². The molecule has 2 fully saturated rings. The number of rotatable bonds is 3. The summed E-state index contributed by atoms with van der Waals surface area (Å²) in [6.07, 6.45) is 4.04. The van der Waals surface area contributed by atoms with Crippen LogP contribution in [0.4, 0.5) is 5.69 Å². The van der Waals surface area contributed by atoms with E-state index >= 15 is 0 Å². The number of hydrogen-bond acceptors (Lipinski definition) is 3. The van der Waals surface area contributed by atoms with Crippen LogP contribution in [-0.4, -0.2) is 42.2 Å². The van der Waals surface area contributed by atoms with Crippen LogP contribution in [0.3, 0.4) is 0 Å². The van der Waals surface area contributed by atoms with E-state index in [1.807, 2.05) is 0 Å². The second-order valence-corrected chi connectivity index (χ2v) is 5.90. The summed E-state index contributed by atoms with van der Waals surface area (Å²) < 4.78 is 0. The van der Waals surface area contributed by atoms with Gasteiger partial charge in [0.05, 0.1) is 6.61 Å². The number of aliphatic hydroxyl groups is 1. The Hall–Kier alpha value is -1.06. The number of nitrogens with zero attached hydrogens (tertiary/aromatic N) is 2. The quantitative estimate of drug-likeness (QED) is 0.902. The van der Waals surface area contributed by atoms with Crippen molar-refractivity contribution < 1.29 is 5.11 Å². The molecule has 0 spiro atoms. The molecular weight excluding hydrogens is 236 g/mol. The van der Waals surface area contributed by atoms with Crippen molar-refractivity contribution in [2.75, 3.05) is 31.1 Å². The van der Waals surface area contributed by atoms with Gasteiger partial charge in [-0.25, -0.2) is 0 Å². The summed E-state index contributed by atoms with van der Waals surface area (Å²) >= 11 is 0. The SMILES string of the molecule is Cc1cc(N2CCC(N3CCCC3)C2)ccc1CO. The Morgan fingerprint density at radius 2 is 2.00 bits per heavy atom. The van der Waals surface area contributed by atoms with Crippen LogP contribution < -0.4 is 4.90 Å². The van der Waals surface area contributed by atoms with Gasteiger partial charge in [0.25, 0.3) is 0 Å². The van der Waals surface area contributed by atoms with Gasteiger partial charge in [0.15, 0.2) is 0 Å². The van der Waals surface area contributed by atoms with Crippen molar-refractivity contribution >= 4 is 5.69 Å². The molecule has 2 heterocycles. The van der Waals surface area contributed by atoms with Crippen LogP contribution in [-0.2, 0) is 6.61 Å². The Labute approximate surface area is 115 Å². The van der Waals surface area contributed by atoms with Crippen LogP contribution in [0.25, 0.3) is 0 Å². The lowest BCUT2D eigenvalue weighted by Crippen LogP contribution is -2.35. The van der Waals surface area contributed by atoms with Gasteiger partial charge in [-0.05, 0) is 62.5 Å². The number of hydrogen-bond donors (Lipinski definition) is 1.